The van der Waals surface area contributed by atoms with E-state index in [9.17, 15) is 4.79 Å². The first kappa shape index (κ1) is 7.95. The Morgan fingerprint density at radius 1 is 1.36 bits per heavy atom. The van der Waals surface area contributed by atoms with Crippen LogP contribution in [0.1, 0.15) is 5.56 Å². The van der Waals surface area contributed by atoms with Crippen molar-refractivity contribution >= 4 is 6.29 Å². The third-order valence-corrected chi connectivity index (χ3v) is 1.42. The second-order valence-corrected chi connectivity index (χ2v) is 2.36. The molecule has 0 aromatic heterocycles. The lowest BCUT2D eigenvalue weighted by atomic mass is 10.1. The van der Waals surface area contributed by atoms with Crippen molar-refractivity contribution in [2.24, 2.45) is 0 Å². The van der Waals surface area contributed by atoms with E-state index >= 15 is 0 Å². The molecule has 2 nitrogen and oxygen atoms in total. The van der Waals surface area contributed by atoms with Crippen LogP contribution in [0.4, 0.5) is 0 Å². The predicted molar refractivity (Wildman–Crippen MR) is 42.7 cm³/mol. The van der Waals surface area contributed by atoms with E-state index < -0.39 is 6.04 Å². The standard InChI is InChI=1S/C9H9NO/c10-9(7-11)6-8-4-2-1-3-5-8/h1-5,9-10H,6H2/t9-/m0/s1. The number of nitrogens with one attached hydrogen (secondary N) is 1. The van der Waals surface area contributed by atoms with E-state index in [-0.39, 0.29) is 0 Å². The largest absolute Gasteiger partial charge is 0.289 e. The lowest BCUT2D eigenvalue weighted by Gasteiger charge is -2.00. The zero-order valence-electron chi connectivity index (χ0n) is 6.08. The molecule has 2 heteroatoms. The van der Waals surface area contributed by atoms with Crippen molar-refractivity contribution in [1.29, 1.82) is 0 Å². The lowest BCUT2D eigenvalue weighted by Crippen LogP contribution is -2.13. The molecule has 0 heterocycles. The predicted octanol–water partition coefficient (Wildman–Crippen LogP) is 0.990. The van der Waals surface area contributed by atoms with Crippen LogP contribution in [0, 0.1) is 0 Å². The summed E-state index contributed by atoms with van der Waals surface area (Å²) in [6.07, 6.45) is 2.09. The monoisotopic (exact) mass is 147 g/mol. The normalized spacial score (nSPS) is 12.5. The van der Waals surface area contributed by atoms with Crippen LogP contribution < -0.4 is 5.73 Å². The molecule has 0 aliphatic rings. The fourth-order valence-electron chi connectivity index (χ4n) is 0.891. The van der Waals surface area contributed by atoms with E-state index in [1.54, 1.807) is 6.29 Å². The van der Waals surface area contributed by atoms with Crippen molar-refractivity contribution in [3.05, 3.63) is 35.9 Å². The molecule has 0 saturated carbocycles. The molecule has 56 valence electrons. The highest BCUT2D eigenvalue weighted by atomic mass is 16.1. The smallest absolute Gasteiger partial charge is 0.218 e. The number of hydrogen-bond acceptors (Lipinski definition) is 1. The van der Waals surface area contributed by atoms with Crippen molar-refractivity contribution in [2.45, 2.75) is 12.5 Å². The Kier molecular flexibility index (Phi) is 2.81. The van der Waals surface area contributed by atoms with Crippen molar-refractivity contribution < 1.29 is 4.79 Å². The molecule has 1 aromatic carbocycles. The maximum Gasteiger partial charge on any atom is 0.218 e. The second-order valence-electron chi connectivity index (χ2n) is 2.36. The summed E-state index contributed by atoms with van der Waals surface area (Å²) in [5.74, 6) is 0. The summed E-state index contributed by atoms with van der Waals surface area (Å²) in [5, 5.41) is 0. The quantitative estimate of drug-likeness (QED) is 0.628. The first-order valence-electron chi connectivity index (χ1n) is 3.45. The molecule has 1 N–H and O–H groups in total. The van der Waals surface area contributed by atoms with Crippen LogP contribution in [0.25, 0.3) is 0 Å². The molecule has 1 aromatic rings. The maximum atomic E-state index is 10.00. The molecule has 1 atom stereocenters. The summed E-state index contributed by atoms with van der Waals surface area (Å²) in [4.78, 5) is 10.00. The minimum absolute atomic E-state index is 0.463. The van der Waals surface area contributed by atoms with Gasteiger partial charge in [0.15, 0.2) is 0 Å². The van der Waals surface area contributed by atoms with E-state index in [0.29, 0.717) is 6.42 Å². The van der Waals surface area contributed by atoms with Crippen LogP contribution in [0.15, 0.2) is 30.3 Å². The Morgan fingerprint density at radius 3 is 2.55 bits per heavy atom. The van der Waals surface area contributed by atoms with Gasteiger partial charge in [-0.25, -0.2) is 5.73 Å². The van der Waals surface area contributed by atoms with Crippen molar-refractivity contribution in [1.82, 2.24) is 5.73 Å². The van der Waals surface area contributed by atoms with Crippen molar-refractivity contribution in [2.75, 3.05) is 0 Å². The first-order chi connectivity index (χ1) is 5.33. The number of carbonyl (C=O) groups excluding carboxylic acids is 1. The molecule has 0 saturated heterocycles. The molecule has 0 aliphatic heterocycles. The number of rotatable bonds is 3. The number of hydrogen-bond donors (Lipinski definition) is 0. The Morgan fingerprint density at radius 2 is 2.00 bits per heavy atom. The van der Waals surface area contributed by atoms with Gasteiger partial charge in [-0.15, -0.1) is 0 Å². The van der Waals surface area contributed by atoms with Crippen LogP contribution >= 0.6 is 0 Å². The fraction of sp³-hybridized carbons (Fsp3) is 0.222. The van der Waals surface area contributed by atoms with Gasteiger partial charge in [0.05, 0.1) is 6.04 Å². The van der Waals surface area contributed by atoms with E-state index in [2.05, 4.69) is 0 Å². The van der Waals surface area contributed by atoms with E-state index in [4.69, 9.17) is 5.73 Å². The third kappa shape index (κ3) is 2.51. The van der Waals surface area contributed by atoms with E-state index in [1.807, 2.05) is 30.3 Å². The van der Waals surface area contributed by atoms with Gasteiger partial charge in [0, 0.05) is 0 Å². The van der Waals surface area contributed by atoms with E-state index in [1.165, 1.54) is 0 Å². The molecule has 0 amide bonds. The lowest BCUT2D eigenvalue weighted by molar-refractivity contribution is 0.539. The van der Waals surface area contributed by atoms with Crippen molar-refractivity contribution in [3.63, 3.8) is 0 Å². The molecule has 0 bridgehead atoms. The molecule has 11 heavy (non-hydrogen) atoms. The van der Waals surface area contributed by atoms with Gasteiger partial charge in [-0.3, -0.25) is 4.79 Å². The maximum absolute atomic E-state index is 10.00. The van der Waals surface area contributed by atoms with Gasteiger partial charge in [-0.1, -0.05) is 30.3 Å². The summed E-state index contributed by atoms with van der Waals surface area (Å²) in [7, 11) is 0. The first-order valence-corrected chi connectivity index (χ1v) is 3.45. The molecule has 2 radical (unpaired) electrons. The fourth-order valence-corrected chi connectivity index (χ4v) is 0.891. The van der Waals surface area contributed by atoms with E-state index in [0.717, 1.165) is 5.56 Å². The van der Waals surface area contributed by atoms with Crippen LogP contribution in [-0.4, -0.2) is 12.3 Å². The van der Waals surface area contributed by atoms with Crippen LogP contribution in [0.2, 0.25) is 0 Å². The zero-order valence-corrected chi connectivity index (χ0v) is 6.08. The Hall–Kier alpha value is -1.15. The molecule has 0 spiro atoms. The minimum Gasteiger partial charge on any atom is -0.289 e. The molecule has 1 rings (SSSR count). The average molecular weight is 147 g/mol. The molecular weight excluding hydrogens is 138 g/mol. The summed E-state index contributed by atoms with van der Waals surface area (Å²) in [6.45, 7) is 0. The Balaban J connectivity index is 2.57. The van der Waals surface area contributed by atoms with Crippen LogP contribution in [-0.2, 0) is 11.2 Å². The van der Waals surface area contributed by atoms with Gasteiger partial charge >= 0.3 is 0 Å². The Bertz CT molecular complexity index is 220. The third-order valence-electron chi connectivity index (χ3n) is 1.42. The van der Waals surface area contributed by atoms with Gasteiger partial charge in [0.1, 0.15) is 0 Å². The topological polar surface area (TPSA) is 40.9 Å². The van der Waals surface area contributed by atoms with Crippen LogP contribution in [0.5, 0.6) is 0 Å². The van der Waals surface area contributed by atoms with Gasteiger partial charge in [-0.05, 0) is 12.0 Å². The summed E-state index contributed by atoms with van der Waals surface area (Å²) < 4.78 is 0. The second kappa shape index (κ2) is 3.88. The highest BCUT2D eigenvalue weighted by molar-refractivity contribution is 5.58. The SMILES string of the molecule is [NH][C@H]([C]=O)Cc1ccccc1. The summed E-state index contributed by atoms with van der Waals surface area (Å²) in [6, 6.07) is 8.77. The highest BCUT2D eigenvalue weighted by Crippen LogP contribution is 2.00. The zero-order chi connectivity index (χ0) is 8.10. The van der Waals surface area contributed by atoms with Crippen molar-refractivity contribution in [3.8, 4) is 0 Å². The number of benzene rings is 1. The minimum atomic E-state index is -0.739. The van der Waals surface area contributed by atoms with Gasteiger partial charge in [-0.2, -0.15) is 0 Å². The molecular formula is C9H9NO. The van der Waals surface area contributed by atoms with Crippen LogP contribution in [0.3, 0.4) is 0 Å². The van der Waals surface area contributed by atoms with Gasteiger partial charge in [0.25, 0.3) is 0 Å². The van der Waals surface area contributed by atoms with Gasteiger partial charge < -0.3 is 0 Å². The molecule has 0 unspecified atom stereocenters. The Labute approximate surface area is 66.0 Å². The summed E-state index contributed by atoms with van der Waals surface area (Å²) >= 11 is 0. The van der Waals surface area contributed by atoms with Gasteiger partial charge in [0.2, 0.25) is 6.29 Å². The molecule has 0 fully saturated rings. The average Bonchev–Trinajstić information content (AvgIpc) is 2.06. The molecule has 0 aliphatic carbocycles. The summed E-state index contributed by atoms with van der Waals surface area (Å²) in [5.41, 5.74) is 8.14. The highest BCUT2D eigenvalue weighted by Gasteiger charge is 2.01.